The Morgan fingerprint density at radius 1 is 0.545 bits per heavy atom. The van der Waals surface area contributed by atoms with Gasteiger partial charge in [-0.1, -0.05) is 126 Å². The molecule has 1 atom stereocenters. The van der Waals surface area contributed by atoms with E-state index in [9.17, 15) is 0 Å². The summed E-state index contributed by atoms with van der Waals surface area (Å²) in [6, 6.07) is 17.8. The van der Waals surface area contributed by atoms with E-state index in [1.807, 2.05) is 0 Å². The van der Waals surface area contributed by atoms with Gasteiger partial charge in [-0.2, -0.15) is 12.6 Å². The highest BCUT2D eigenvalue weighted by molar-refractivity contribution is 7.80. The van der Waals surface area contributed by atoms with E-state index in [0.717, 1.165) is 10.6 Å². The van der Waals surface area contributed by atoms with Gasteiger partial charge in [-0.3, -0.25) is 0 Å². The fourth-order valence-corrected chi connectivity index (χ4v) is 5.73. The Morgan fingerprint density at radius 2 is 1.03 bits per heavy atom. The van der Waals surface area contributed by atoms with Gasteiger partial charge in [0.1, 0.15) is 0 Å². The molecule has 33 heavy (non-hydrogen) atoms. The molecule has 180 valence electrons. The van der Waals surface area contributed by atoms with Gasteiger partial charge in [0.05, 0.1) is 0 Å². The number of hydrogen-bond donors (Lipinski definition) is 2. The highest BCUT2D eigenvalue weighted by Gasteiger charge is 2.11. The van der Waals surface area contributed by atoms with Crippen LogP contribution in [0.1, 0.15) is 108 Å². The molecule has 0 aromatic heterocycles. The zero-order valence-corrected chi connectivity index (χ0v) is 22.5. The molecule has 2 heteroatoms. The van der Waals surface area contributed by atoms with Crippen LogP contribution in [0, 0.1) is 0 Å². The third kappa shape index (κ3) is 8.25. The summed E-state index contributed by atoms with van der Waals surface area (Å²) in [6.45, 7) is 2.41. The molecular weight excluding hydrogens is 436 g/mol. The fourth-order valence-electron chi connectivity index (χ4n) is 5.23. The van der Waals surface area contributed by atoms with E-state index in [-0.39, 0.29) is 0 Å². The Morgan fingerprint density at radius 3 is 1.64 bits per heavy atom. The summed E-state index contributed by atoms with van der Waals surface area (Å²) in [5, 5.41) is 5.36. The van der Waals surface area contributed by atoms with E-state index in [1.165, 1.54) is 117 Å². The van der Waals surface area contributed by atoms with Crippen molar-refractivity contribution >= 4 is 46.8 Å². The molecule has 3 aromatic rings. The van der Waals surface area contributed by atoms with Crippen LogP contribution in [0.15, 0.2) is 53.4 Å². The maximum absolute atomic E-state index is 4.66. The molecular formula is C31H44S2. The molecule has 0 bridgehead atoms. The zero-order valence-electron chi connectivity index (χ0n) is 20.7. The summed E-state index contributed by atoms with van der Waals surface area (Å²) in [7, 11) is 0. The minimum Gasteiger partial charge on any atom is -0.179 e. The molecule has 0 aliphatic carbocycles. The van der Waals surface area contributed by atoms with Gasteiger partial charge < -0.3 is 0 Å². The first-order valence-electron chi connectivity index (χ1n) is 13.5. The quantitative estimate of drug-likeness (QED) is 0.114. The second-order valence-electron chi connectivity index (χ2n) is 9.89. The first-order chi connectivity index (χ1) is 16.2. The second-order valence-corrected chi connectivity index (χ2v) is 10.8. The molecule has 0 aliphatic rings. The maximum Gasteiger partial charge on any atom is 0.0119 e. The molecule has 0 saturated heterocycles. The van der Waals surface area contributed by atoms with Crippen LogP contribution in [0.4, 0.5) is 0 Å². The zero-order chi connectivity index (χ0) is 23.3. The second kappa shape index (κ2) is 15.0. The van der Waals surface area contributed by atoms with Crippen molar-refractivity contribution in [3.63, 3.8) is 0 Å². The summed E-state index contributed by atoms with van der Waals surface area (Å²) in [6.07, 6.45) is 19.5. The Hall–Kier alpha value is -1.12. The number of rotatable bonds is 16. The van der Waals surface area contributed by atoms with Crippen molar-refractivity contribution in [3.05, 3.63) is 54.1 Å². The first kappa shape index (κ1) is 26.5. The third-order valence-electron chi connectivity index (χ3n) is 7.26. The summed E-state index contributed by atoms with van der Waals surface area (Å²) < 4.78 is 0. The van der Waals surface area contributed by atoms with Gasteiger partial charge in [0.25, 0.3) is 0 Å². The lowest BCUT2D eigenvalue weighted by molar-refractivity contribution is 0.527. The summed E-state index contributed by atoms with van der Waals surface area (Å²) >= 11 is 8.94. The molecule has 0 saturated carbocycles. The molecule has 0 amide bonds. The standard InChI is InChI=1S/C31H44S2/c1-25(17-13-11-9-7-5-3-2-4-6-8-10-12-14-24-32)26-18-15-19-27-28-20-16-21-31(33)30(28)23-22-29(26)27/h15-16,18-23,25,32-33H,2-14,17,24H2,1H3. The molecule has 0 radical (unpaired) electrons. The van der Waals surface area contributed by atoms with E-state index in [0.29, 0.717) is 5.92 Å². The Balaban J connectivity index is 1.33. The van der Waals surface area contributed by atoms with Gasteiger partial charge >= 0.3 is 0 Å². The number of fused-ring (bicyclic) bond motifs is 3. The highest BCUT2D eigenvalue weighted by atomic mass is 32.1. The van der Waals surface area contributed by atoms with E-state index in [4.69, 9.17) is 0 Å². The van der Waals surface area contributed by atoms with Crippen LogP contribution in [0.25, 0.3) is 21.5 Å². The summed E-state index contributed by atoms with van der Waals surface area (Å²) in [5.74, 6) is 1.66. The molecule has 0 N–H and O–H groups in total. The van der Waals surface area contributed by atoms with Crippen LogP contribution in [0.5, 0.6) is 0 Å². The van der Waals surface area contributed by atoms with Crippen molar-refractivity contribution in [1.29, 1.82) is 0 Å². The monoisotopic (exact) mass is 480 g/mol. The van der Waals surface area contributed by atoms with E-state index < -0.39 is 0 Å². The van der Waals surface area contributed by atoms with Gasteiger partial charge in [0, 0.05) is 4.90 Å². The topological polar surface area (TPSA) is 0 Å². The van der Waals surface area contributed by atoms with Gasteiger partial charge in [0.15, 0.2) is 0 Å². The largest absolute Gasteiger partial charge is 0.179 e. The molecule has 1 unspecified atom stereocenters. The van der Waals surface area contributed by atoms with Crippen molar-refractivity contribution in [3.8, 4) is 0 Å². The lowest BCUT2D eigenvalue weighted by atomic mass is 9.89. The minimum absolute atomic E-state index is 0.609. The predicted molar refractivity (Wildman–Crippen MR) is 156 cm³/mol. The lowest BCUT2D eigenvalue weighted by Crippen LogP contribution is -1.96. The van der Waals surface area contributed by atoms with Crippen LogP contribution in [0.2, 0.25) is 0 Å². The first-order valence-corrected chi connectivity index (χ1v) is 14.5. The van der Waals surface area contributed by atoms with Gasteiger partial charge in [-0.25, -0.2) is 0 Å². The third-order valence-corrected chi connectivity index (χ3v) is 7.96. The lowest BCUT2D eigenvalue weighted by Gasteiger charge is -2.16. The maximum atomic E-state index is 4.66. The molecule has 0 heterocycles. The van der Waals surface area contributed by atoms with E-state index >= 15 is 0 Å². The molecule has 3 rings (SSSR count). The average molecular weight is 481 g/mol. The fraction of sp³-hybridized carbons (Fsp3) is 0.548. The Kier molecular flexibility index (Phi) is 12.0. The molecule has 3 aromatic carbocycles. The van der Waals surface area contributed by atoms with Crippen LogP contribution in [0.3, 0.4) is 0 Å². The number of benzene rings is 3. The Labute approximate surface area is 213 Å². The van der Waals surface area contributed by atoms with Crippen molar-refractivity contribution in [2.75, 3.05) is 5.75 Å². The van der Waals surface area contributed by atoms with Crippen LogP contribution >= 0.6 is 25.3 Å². The SMILES string of the molecule is CC(CCCCCCCCCCCCCCCS)c1cccc2c1ccc1c(S)cccc12. The summed E-state index contributed by atoms with van der Waals surface area (Å²) in [5.41, 5.74) is 1.50. The van der Waals surface area contributed by atoms with Crippen LogP contribution in [-0.4, -0.2) is 5.75 Å². The van der Waals surface area contributed by atoms with E-state index in [2.05, 4.69) is 80.7 Å². The number of unbranched alkanes of at least 4 members (excludes halogenated alkanes) is 12. The molecule has 0 fully saturated rings. The normalized spacial score (nSPS) is 12.6. The molecule has 0 aliphatic heterocycles. The smallest absolute Gasteiger partial charge is 0.0119 e. The highest BCUT2D eigenvalue weighted by Crippen LogP contribution is 2.34. The van der Waals surface area contributed by atoms with Crippen molar-refractivity contribution < 1.29 is 0 Å². The minimum atomic E-state index is 0.609. The molecule has 0 nitrogen and oxygen atoms in total. The van der Waals surface area contributed by atoms with Gasteiger partial charge in [-0.15, -0.1) is 12.6 Å². The van der Waals surface area contributed by atoms with Crippen molar-refractivity contribution in [1.82, 2.24) is 0 Å². The number of thiol groups is 2. The number of hydrogen-bond acceptors (Lipinski definition) is 2. The van der Waals surface area contributed by atoms with E-state index in [1.54, 1.807) is 0 Å². The van der Waals surface area contributed by atoms with Crippen molar-refractivity contribution in [2.24, 2.45) is 0 Å². The van der Waals surface area contributed by atoms with Crippen LogP contribution < -0.4 is 0 Å². The van der Waals surface area contributed by atoms with Crippen molar-refractivity contribution in [2.45, 2.75) is 108 Å². The summed E-state index contributed by atoms with van der Waals surface area (Å²) in [4.78, 5) is 1.06. The van der Waals surface area contributed by atoms with Gasteiger partial charge in [0.2, 0.25) is 0 Å². The average Bonchev–Trinajstić information content (AvgIpc) is 2.83. The predicted octanol–water partition coefficient (Wildman–Crippen LogP) is 10.8. The van der Waals surface area contributed by atoms with Gasteiger partial charge in [-0.05, 0) is 57.7 Å². The Bertz CT molecular complexity index is 962. The van der Waals surface area contributed by atoms with Crippen LogP contribution in [-0.2, 0) is 0 Å². The molecule has 0 spiro atoms.